The van der Waals surface area contributed by atoms with Crippen LogP contribution in [0.3, 0.4) is 0 Å². The fraction of sp³-hybridized carbons (Fsp3) is 0.355. The Bertz CT molecular complexity index is 1470. The summed E-state index contributed by atoms with van der Waals surface area (Å²) in [6.45, 7) is 3.44. The van der Waals surface area contributed by atoms with Crippen molar-refractivity contribution in [2.75, 3.05) is 31.3 Å². The number of benzene rings is 3. The third-order valence-electron chi connectivity index (χ3n) is 6.85. The second kappa shape index (κ2) is 15.1. The maximum Gasteiger partial charge on any atom is 0.244 e. The van der Waals surface area contributed by atoms with Gasteiger partial charge in [-0.25, -0.2) is 8.42 Å². The Labute approximate surface area is 257 Å². The van der Waals surface area contributed by atoms with Crippen LogP contribution in [0.5, 0.6) is 11.5 Å². The van der Waals surface area contributed by atoms with Gasteiger partial charge >= 0.3 is 0 Å². The van der Waals surface area contributed by atoms with E-state index >= 15 is 0 Å². The van der Waals surface area contributed by atoms with Gasteiger partial charge in [-0.1, -0.05) is 65.3 Å². The first-order valence-electron chi connectivity index (χ1n) is 13.5. The standard InChI is InChI=1S/C31H38BrN3O6S/c1-6-22(2)33-31(37)27(18-23-11-8-7-9-12-23)34(20-24-13-10-14-25(32)17-24)30(36)21-35(42(5,38)39)26-15-16-28(40-3)29(19-26)41-4/h7-17,19,22,27H,6,18,20-21H2,1-5H3,(H,33,37)/t22-,27-/m1/s1. The molecule has 42 heavy (non-hydrogen) atoms. The molecule has 0 aliphatic heterocycles. The lowest BCUT2D eigenvalue weighted by atomic mass is 10.0. The van der Waals surface area contributed by atoms with Crippen LogP contribution in [0.2, 0.25) is 0 Å². The number of ether oxygens (including phenoxy) is 2. The van der Waals surface area contributed by atoms with Crippen molar-refractivity contribution in [3.63, 3.8) is 0 Å². The van der Waals surface area contributed by atoms with Gasteiger partial charge in [0.2, 0.25) is 21.8 Å². The molecule has 9 nitrogen and oxygen atoms in total. The summed E-state index contributed by atoms with van der Waals surface area (Å²) in [7, 11) is -0.993. The van der Waals surface area contributed by atoms with Crippen LogP contribution < -0.4 is 19.1 Å². The molecule has 3 aromatic rings. The molecule has 0 fully saturated rings. The molecule has 0 saturated heterocycles. The zero-order chi connectivity index (χ0) is 30.9. The van der Waals surface area contributed by atoms with Crippen molar-refractivity contribution in [1.29, 1.82) is 0 Å². The average molecular weight is 661 g/mol. The van der Waals surface area contributed by atoms with Gasteiger partial charge in [-0.05, 0) is 48.7 Å². The Balaban J connectivity index is 2.08. The van der Waals surface area contributed by atoms with E-state index in [1.807, 2.05) is 68.4 Å². The maximum absolute atomic E-state index is 14.2. The van der Waals surface area contributed by atoms with Gasteiger partial charge in [0.05, 0.1) is 26.2 Å². The van der Waals surface area contributed by atoms with E-state index in [-0.39, 0.29) is 30.6 Å². The number of anilines is 1. The maximum atomic E-state index is 14.2. The van der Waals surface area contributed by atoms with Crippen molar-refractivity contribution in [3.05, 3.63) is 88.4 Å². The fourth-order valence-corrected chi connectivity index (χ4v) is 5.71. The Morgan fingerprint density at radius 2 is 1.60 bits per heavy atom. The predicted molar refractivity (Wildman–Crippen MR) is 168 cm³/mol. The van der Waals surface area contributed by atoms with Crippen molar-refractivity contribution >= 4 is 43.5 Å². The monoisotopic (exact) mass is 659 g/mol. The lowest BCUT2D eigenvalue weighted by molar-refractivity contribution is -0.140. The first kappa shape index (κ1) is 32.9. The number of rotatable bonds is 14. The second-order valence-corrected chi connectivity index (χ2v) is 12.8. The number of carbonyl (C=O) groups excluding carboxylic acids is 2. The molecule has 0 saturated carbocycles. The summed E-state index contributed by atoms with van der Waals surface area (Å²) in [4.78, 5) is 29.4. The molecule has 0 spiro atoms. The smallest absolute Gasteiger partial charge is 0.244 e. The molecule has 226 valence electrons. The number of hydrogen-bond donors (Lipinski definition) is 1. The highest BCUT2D eigenvalue weighted by Gasteiger charge is 2.33. The minimum atomic E-state index is -3.92. The minimum Gasteiger partial charge on any atom is -0.493 e. The highest BCUT2D eigenvalue weighted by atomic mass is 79.9. The third kappa shape index (κ3) is 8.96. The van der Waals surface area contributed by atoms with Gasteiger partial charge in [0.25, 0.3) is 0 Å². The summed E-state index contributed by atoms with van der Waals surface area (Å²) in [5.74, 6) is -0.108. The van der Waals surface area contributed by atoms with Crippen LogP contribution in [0, 0.1) is 0 Å². The van der Waals surface area contributed by atoms with Gasteiger partial charge in [-0.15, -0.1) is 0 Å². The van der Waals surface area contributed by atoms with E-state index in [0.29, 0.717) is 17.9 Å². The molecule has 11 heteroatoms. The summed E-state index contributed by atoms with van der Waals surface area (Å²) < 4.78 is 38.5. The molecule has 0 unspecified atom stereocenters. The van der Waals surface area contributed by atoms with Gasteiger partial charge in [0.15, 0.2) is 11.5 Å². The molecular formula is C31H38BrN3O6S. The number of hydrogen-bond acceptors (Lipinski definition) is 6. The molecule has 3 aromatic carbocycles. The van der Waals surface area contributed by atoms with E-state index in [2.05, 4.69) is 21.2 Å². The highest BCUT2D eigenvalue weighted by molar-refractivity contribution is 9.10. The summed E-state index contributed by atoms with van der Waals surface area (Å²) in [6, 6.07) is 20.5. The molecule has 0 radical (unpaired) electrons. The van der Waals surface area contributed by atoms with Gasteiger partial charge in [0, 0.05) is 29.5 Å². The molecule has 0 bridgehead atoms. The van der Waals surface area contributed by atoms with Crippen LogP contribution in [0.1, 0.15) is 31.4 Å². The second-order valence-electron chi connectivity index (χ2n) is 9.98. The van der Waals surface area contributed by atoms with E-state index in [9.17, 15) is 18.0 Å². The summed E-state index contributed by atoms with van der Waals surface area (Å²) in [5, 5.41) is 3.02. The van der Waals surface area contributed by atoms with Gasteiger partial charge in [-0.2, -0.15) is 0 Å². The lowest BCUT2D eigenvalue weighted by Gasteiger charge is -2.34. The van der Waals surface area contributed by atoms with Crippen LogP contribution in [0.4, 0.5) is 5.69 Å². The lowest BCUT2D eigenvalue weighted by Crippen LogP contribution is -2.54. The van der Waals surface area contributed by atoms with Crippen molar-refractivity contribution in [2.45, 2.75) is 45.3 Å². The van der Waals surface area contributed by atoms with Crippen molar-refractivity contribution in [1.82, 2.24) is 10.2 Å². The number of methoxy groups -OCH3 is 2. The van der Waals surface area contributed by atoms with E-state index in [1.165, 1.54) is 25.2 Å². The van der Waals surface area contributed by atoms with E-state index in [4.69, 9.17) is 9.47 Å². The normalized spacial score (nSPS) is 12.6. The Morgan fingerprint density at radius 1 is 0.929 bits per heavy atom. The van der Waals surface area contributed by atoms with Crippen LogP contribution in [0.25, 0.3) is 0 Å². The van der Waals surface area contributed by atoms with Gasteiger partial charge in [0.1, 0.15) is 12.6 Å². The zero-order valence-electron chi connectivity index (χ0n) is 24.5. The topological polar surface area (TPSA) is 105 Å². The first-order valence-corrected chi connectivity index (χ1v) is 16.2. The molecule has 1 N–H and O–H groups in total. The minimum absolute atomic E-state index is 0.0905. The van der Waals surface area contributed by atoms with Crippen molar-refractivity contribution in [3.8, 4) is 11.5 Å². The summed E-state index contributed by atoms with van der Waals surface area (Å²) in [6.07, 6.45) is 2.00. The molecule has 0 aliphatic rings. The Kier molecular flexibility index (Phi) is 11.8. The van der Waals surface area contributed by atoms with Crippen LogP contribution in [-0.2, 0) is 32.6 Å². The number of nitrogens with zero attached hydrogens (tertiary/aromatic N) is 2. The number of amides is 2. The van der Waals surface area contributed by atoms with Crippen LogP contribution in [0.15, 0.2) is 77.3 Å². The largest absolute Gasteiger partial charge is 0.493 e. The zero-order valence-corrected chi connectivity index (χ0v) is 26.9. The van der Waals surface area contributed by atoms with Crippen LogP contribution >= 0.6 is 15.9 Å². The molecule has 3 rings (SSSR count). The predicted octanol–water partition coefficient (Wildman–Crippen LogP) is 4.79. The Hall–Kier alpha value is -3.57. The number of sulfonamides is 1. The number of nitrogens with one attached hydrogen (secondary N) is 1. The number of carbonyl (C=O) groups is 2. The van der Waals surface area contributed by atoms with Crippen molar-refractivity contribution < 1.29 is 27.5 Å². The van der Waals surface area contributed by atoms with Crippen molar-refractivity contribution in [2.24, 2.45) is 0 Å². The number of halogens is 1. The molecule has 0 aromatic heterocycles. The quantitative estimate of drug-likeness (QED) is 0.267. The Morgan fingerprint density at radius 3 is 2.19 bits per heavy atom. The first-order chi connectivity index (χ1) is 20.0. The molecule has 0 heterocycles. The molecule has 0 aliphatic carbocycles. The summed E-state index contributed by atoms with van der Waals surface area (Å²) >= 11 is 3.48. The van der Waals surface area contributed by atoms with Crippen LogP contribution in [-0.4, -0.2) is 64.2 Å². The molecular weight excluding hydrogens is 622 g/mol. The average Bonchev–Trinajstić information content (AvgIpc) is 2.97. The highest BCUT2D eigenvalue weighted by Crippen LogP contribution is 2.32. The van der Waals surface area contributed by atoms with E-state index in [0.717, 1.165) is 26.2 Å². The van der Waals surface area contributed by atoms with E-state index in [1.54, 1.807) is 12.1 Å². The SMILES string of the molecule is CC[C@@H](C)NC(=O)[C@@H](Cc1ccccc1)N(Cc1cccc(Br)c1)C(=O)CN(c1ccc(OC)c(OC)c1)S(C)(=O)=O. The van der Waals surface area contributed by atoms with Gasteiger partial charge in [-0.3, -0.25) is 13.9 Å². The summed E-state index contributed by atoms with van der Waals surface area (Å²) in [5.41, 5.74) is 1.88. The van der Waals surface area contributed by atoms with E-state index < -0.39 is 28.5 Å². The van der Waals surface area contributed by atoms with Gasteiger partial charge < -0.3 is 19.7 Å². The fourth-order valence-electron chi connectivity index (χ4n) is 4.42. The molecule has 2 atom stereocenters. The third-order valence-corrected chi connectivity index (χ3v) is 8.48. The molecule has 2 amide bonds.